The van der Waals surface area contributed by atoms with Crippen LogP contribution in [0.1, 0.15) is 74.5 Å². The highest BCUT2D eigenvalue weighted by atomic mass is 16.2. The van der Waals surface area contributed by atoms with Gasteiger partial charge in [0.2, 0.25) is 5.91 Å². The van der Waals surface area contributed by atoms with E-state index in [2.05, 4.69) is 26.0 Å². The summed E-state index contributed by atoms with van der Waals surface area (Å²) in [6, 6.07) is 23.4. The third-order valence-electron chi connectivity index (χ3n) is 7.44. The van der Waals surface area contributed by atoms with Crippen molar-refractivity contribution < 1.29 is 4.79 Å². The molecule has 1 amide bonds. The van der Waals surface area contributed by atoms with Gasteiger partial charge in [-0.3, -0.25) is 14.2 Å². The summed E-state index contributed by atoms with van der Waals surface area (Å²) in [4.78, 5) is 34.5. The van der Waals surface area contributed by atoms with Gasteiger partial charge in [-0.2, -0.15) is 0 Å². The van der Waals surface area contributed by atoms with Crippen LogP contribution in [0.4, 0.5) is 0 Å². The van der Waals surface area contributed by atoms with Gasteiger partial charge in [-0.05, 0) is 74.6 Å². The van der Waals surface area contributed by atoms with E-state index in [0.29, 0.717) is 29.7 Å². The normalized spacial score (nSPS) is 12.0. The van der Waals surface area contributed by atoms with Crippen LogP contribution in [0.2, 0.25) is 0 Å². The van der Waals surface area contributed by atoms with E-state index < -0.39 is 0 Å². The summed E-state index contributed by atoms with van der Waals surface area (Å²) in [6.07, 6.45) is 5.42. The van der Waals surface area contributed by atoms with Gasteiger partial charge in [0.15, 0.2) is 0 Å². The number of para-hydroxylation sites is 1. The molecule has 4 aromatic rings. The number of benzene rings is 3. The van der Waals surface area contributed by atoms with Crippen LogP contribution in [0, 0.1) is 13.8 Å². The van der Waals surface area contributed by atoms with E-state index >= 15 is 0 Å². The monoisotopic (exact) mass is 509 g/mol. The molecule has 1 aromatic heterocycles. The number of carbonyl (C=O) groups is 1. The Morgan fingerprint density at radius 1 is 0.921 bits per heavy atom. The maximum absolute atomic E-state index is 13.9. The zero-order valence-corrected chi connectivity index (χ0v) is 23.1. The van der Waals surface area contributed by atoms with E-state index in [1.807, 2.05) is 79.4 Å². The largest absolute Gasteiger partial charge is 0.332 e. The van der Waals surface area contributed by atoms with Crippen LogP contribution >= 0.6 is 0 Å². The summed E-state index contributed by atoms with van der Waals surface area (Å²) in [6.45, 7) is 8.85. The van der Waals surface area contributed by atoms with Crippen molar-refractivity contribution in [2.24, 2.45) is 0 Å². The number of nitrogens with zero attached hydrogens (tertiary/aromatic N) is 3. The number of carbonyl (C=O) groups excluding carboxylic acids is 1. The maximum atomic E-state index is 13.9. The lowest BCUT2D eigenvalue weighted by Crippen LogP contribution is -2.38. The molecule has 198 valence electrons. The van der Waals surface area contributed by atoms with Gasteiger partial charge in [-0.25, -0.2) is 4.98 Å². The van der Waals surface area contributed by atoms with Crippen molar-refractivity contribution in [3.63, 3.8) is 0 Å². The Balaban J connectivity index is 1.78. The number of amides is 1. The van der Waals surface area contributed by atoms with Gasteiger partial charge >= 0.3 is 0 Å². The molecule has 0 aliphatic rings. The first kappa shape index (κ1) is 27.3. The quantitative estimate of drug-likeness (QED) is 0.203. The van der Waals surface area contributed by atoms with E-state index in [0.717, 1.165) is 48.9 Å². The topological polar surface area (TPSA) is 55.2 Å². The summed E-state index contributed by atoms with van der Waals surface area (Å²) in [5.74, 6) is 0.700. The smallest absolute Gasteiger partial charge is 0.266 e. The number of rotatable bonds is 11. The van der Waals surface area contributed by atoms with Gasteiger partial charge in [0, 0.05) is 13.0 Å². The number of hydrogen-bond acceptors (Lipinski definition) is 3. The molecule has 0 saturated heterocycles. The van der Waals surface area contributed by atoms with Crippen molar-refractivity contribution in [1.29, 1.82) is 0 Å². The van der Waals surface area contributed by atoms with Crippen LogP contribution < -0.4 is 5.56 Å². The molecule has 5 heteroatoms. The van der Waals surface area contributed by atoms with E-state index in [-0.39, 0.29) is 17.5 Å². The Kier molecular flexibility index (Phi) is 9.11. The first-order chi connectivity index (χ1) is 18.4. The molecule has 0 aliphatic heterocycles. The van der Waals surface area contributed by atoms with E-state index in [1.165, 1.54) is 5.56 Å². The number of aryl methyl sites for hydroxylation is 2. The Labute approximate surface area is 226 Å². The highest BCUT2D eigenvalue weighted by Crippen LogP contribution is 2.25. The lowest BCUT2D eigenvalue weighted by Gasteiger charge is -2.31. The van der Waals surface area contributed by atoms with Crippen molar-refractivity contribution >= 4 is 16.8 Å². The van der Waals surface area contributed by atoms with Crippen molar-refractivity contribution in [3.8, 4) is 5.69 Å². The third kappa shape index (κ3) is 6.21. The van der Waals surface area contributed by atoms with Gasteiger partial charge in [0.1, 0.15) is 5.82 Å². The molecular weight excluding hydrogens is 470 g/mol. The average molecular weight is 510 g/mol. The fraction of sp³-hybridized carbons (Fsp3) is 0.364. The molecule has 0 spiro atoms. The minimum atomic E-state index is -0.378. The van der Waals surface area contributed by atoms with Crippen LogP contribution in [0.25, 0.3) is 16.6 Å². The predicted octanol–water partition coefficient (Wildman–Crippen LogP) is 7.11. The molecule has 0 radical (unpaired) electrons. The molecule has 0 fully saturated rings. The predicted molar refractivity (Wildman–Crippen MR) is 156 cm³/mol. The van der Waals surface area contributed by atoms with E-state index in [9.17, 15) is 9.59 Å². The van der Waals surface area contributed by atoms with Crippen molar-refractivity contribution in [2.45, 2.75) is 72.3 Å². The number of aromatic nitrogens is 2. The van der Waals surface area contributed by atoms with Crippen molar-refractivity contribution in [3.05, 3.63) is 106 Å². The summed E-state index contributed by atoms with van der Waals surface area (Å²) >= 11 is 0. The minimum absolute atomic E-state index is 0.110. The van der Waals surface area contributed by atoms with Crippen LogP contribution in [-0.4, -0.2) is 26.9 Å². The van der Waals surface area contributed by atoms with Crippen molar-refractivity contribution in [1.82, 2.24) is 14.5 Å². The second-order valence-electron chi connectivity index (χ2n) is 10.2. The molecule has 0 aliphatic carbocycles. The number of fused-ring (bicyclic) bond motifs is 1. The summed E-state index contributed by atoms with van der Waals surface area (Å²) in [5, 5.41) is 0.573. The summed E-state index contributed by atoms with van der Waals surface area (Å²) in [7, 11) is 0. The lowest BCUT2D eigenvalue weighted by atomic mass is 10.1. The van der Waals surface area contributed by atoms with Gasteiger partial charge in [0.05, 0.1) is 22.6 Å². The zero-order valence-electron chi connectivity index (χ0n) is 23.1. The third-order valence-corrected chi connectivity index (χ3v) is 7.44. The standard InChI is InChI=1S/C33H39N3O2/c1-5-6-7-11-18-31(37)35(22-21-27-14-9-8-10-15-27)26(4)32-34-30-17-13-12-16-29(30)33(38)36(32)28-20-19-24(2)25(3)23-28/h8-10,12-17,19-20,23,26H,5-7,11,18,21-22H2,1-4H3. The van der Waals surface area contributed by atoms with Gasteiger partial charge in [-0.15, -0.1) is 0 Å². The minimum Gasteiger partial charge on any atom is -0.332 e. The number of unbranched alkanes of at least 4 members (excludes halogenated alkanes) is 3. The summed E-state index contributed by atoms with van der Waals surface area (Å²) < 4.78 is 1.71. The molecule has 4 rings (SSSR count). The first-order valence-corrected chi connectivity index (χ1v) is 13.8. The molecule has 5 nitrogen and oxygen atoms in total. The van der Waals surface area contributed by atoms with Crippen LogP contribution in [0.5, 0.6) is 0 Å². The fourth-order valence-corrected chi connectivity index (χ4v) is 4.96. The van der Waals surface area contributed by atoms with E-state index in [4.69, 9.17) is 4.98 Å². The molecule has 1 atom stereocenters. The lowest BCUT2D eigenvalue weighted by molar-refractivity contribution is -0.133. The Morgan fingerprint density at radius 2 is 1.66 bits per heavy atom. The van der Waals surface area contributed by atoms with Gasteiger partial charge < -0.3 is 4.90 Å². The highest BCUT2D eigenvalue weighted by Gasteiger charge is 2.26. The SMILES string of the molecule is CCCCCCC(=O)N(CCc1ccccc1)C(C)c1nc2ccccc2c(=O)n1-c1ccc(C)c(C)c1. The molecule has 1 unspecified atom stereocenters. The Morgan fingerprint density at radius 3 is 2.39 bits per heavy atom. The van der Waals surface area contributed by atoms with Gasteiger partial charge in [-0.1, -0.05) is 74.7 Å². The second kappa shape index (κ2) is 12.7. The molecule has 0 saturated carbocycles. The van der Waals surface area contributed by atoms with Crippen LogP contribution in [0.3, 0.4) is 0 Å². The Bertz CT molecular complexity index is 1440. The molecule has 3 aromatic carbocycles. The van der Waals surface area contributed by atoms with Crippen molar-refractivity contribution in [2.75, 3.05) is 6.54 Å². The fourth-order valence-electron chi connectivity index (χ4n) is 4.96. The summed E-state index contributed by atoms with van der Waals surface area (Å²) in [5.41, 5.74) is 4.76. The molecule has 0 N–H and O–H groups in total. The molecule has 0 bridgehead atoms. The van der Waals surface area contributed by atoms with E-state index in [1.54, 1.807) is 4.57 Å². The van der Waals surface area contributed by atoms with Crippen LogP contribution in [-0.2, 0) is 11.2 Å². The van der Waals surface area contributed by atoms with Gasteiger partial charge in [0.25, 0.3) is 5.56 Å². The second-order valence-corrected chi connectivity index (χ2v) is 10.2. The number of hydrogen-bond donors (Lipinski definition) is 0. The molecule has 38 heavy (non-hydrogen) atoms. The molecular formula is C33H39N3O2. The average Bonchev–Trinajstić information content (AvgIpc) is 2.93. The zero-order chi connectivity index (χ0) is 27.1. The first-order valence-electron chi connectivity index (χ1n) is 13.8. The Hall–Kier alpha value is -3.73. The maximum Gasteiger partial charge on any atom is 0.266 e. The molecule has 1 heterocycles. The van der Waals surface area contributed by atoms with Crippen LogP contribution in [0.15, 0.2) is 77.6 Å². The highest BCUT2D eigenvalue weighted by molar-refractivity contribution is 5.79.